The van der Waals surface area contributed by atoms with E-state index in [0.29, 0.717) is 5.69 Å². The lowest BCUT2D eigenvalue weighted by molar-refractivity contribution is -0.118. The zero-order valence-electron chi connectivity index (χ0n) is 19.5. The first-order valence-electron chi connectivity index (χ1n) is 10.8. The number of nitrogens with one attached hydrogen (secondary N) is 2. The Morgan fingerprint density at radius 3 is 2.08 bits per heavy atom. The van der Waals surface area contributed by atoms with Gasteiger partial charge in [0.15, 0.2) is 0 Å². The van der Waals surface area contributed by atoms with Crippen LogP contribution in [-0.4, -0.2) is 39.6 Å². The van der Waals surface area contributed by atoms with Crippen molar-refractivity contribution in [3.05, 3.63) is 96.1 Å². The van der Waals surface area contributed by atoms with Gasteiger partial charge in [-0.1, -0.05) is 60.7 Å². The van der Waals surface area contributed by atoms with Crippen LogP contribution < -0.4 is 16.4 Å². The lowest BCUT2D eigenvalue weighted by Crippen LogP contribution is -2.45. The summed E-state index contributed by atoms with van der Waals surface area (Å²) in [5.74, 6) is -0.507. The van der Waals surface area contributed by atoms with Crippen LogP contribution in [0.2, 0.25) is 0 Å². The highest BCUT2D eigenvalue weighted by Gasteiger charge is 2.23. The van der Waals surface area contributed by atoms with Crippen LogP contribution in [-0.2, 0) is 37.3 Å². The Morgan fingerprint density at radius 2 is 1.50 bits per heavy atom. The van der Waals surface area contributed by atoms with Gasteiger partial charge in [0, 0.05) is 12.1 Å². The van der Waals surface area contributed by atoms with Gasteiger partial charge in [-0.25, -0.2) is 4.79 Å². The van der Waals surface area contributed by atoms with Crippen LogP contribution in [0.3, 0.4) is 0 Å². The smallest absolute Gasteiger partial charge is 0.408 e. The number of benzene rings is 3. The maximum atomic E-state index is 13.0. The Bertz CT molecular complexity index is 1300. The minimum atomic E-state index is -4.07. The molecule has 2 amide bonds. The van der Waals surface area contributed by atoms with E-state index in [1.807, 2.05) is 60.7 Å². The molecule has 36 heavy (non-hydrogen) atoms. The summed E-state index contributed by atoms with van der Waals surface area (Å²) in [6.07, 6.45) is -0.533. The fraction of sp³-hybridized carbons (Fsp3) is 0.160. The Hall–Kier alpha value is -4.38. The number of sulfonamides is 1. The van der Waals surface area contributed by atoms with Crippen molar-refractivity contribution in [2.24, 2.45) is 10.1 Å². The van der Waals surface area contributed by atoms with E-state index in [2.05, 4.69) is 19.8 Å². The Morgan fingerprint density at radius 1 is 0.917 bits per heavy atom. The van der Waals surface area contributed by atoms with E-state index in [0.717, 1.165) is 11.1 Å². The zero-order valence-corrected chi connectivity index (χ0v) is 20.3. The fourth-order valence-electron chi connectivity index (χ4n) is 3.11. The monoisotopic (exact) mass is 510 g/mol. The van der Waals surface area contributed by atoms with Crippen molar-refractivity contribution < 1.29 is 27.5 Å². The highest BCUT2D eigenvalue weighted by atomic mass is 32.2. The lowest BCUT2D eigenvalue weighted by Gasteiger charge is -2.19. The molecule has 3 aromatic carbocycles. The topological polar surface area (TPSA) is 149 Å². The van der Waals surface area contributed by atoms with Gasteiger partial charge in [0.05, 0.1) is 12.0 Å². The Balaban J connectivity index is 1.70. The van der Waals surface area contributed by atoms with E-state index in [1.54, 1.807) is 0 Å². The molecule has 0 saturated heterocycles. The molecule has 0 heterocycles. The SMILES string of the molecule is CO/C(N)=N/S(=O)(=O)c1ccc(NC(=O)[C@@H](Cc2ccccc2)NC(=O)OCc2ccccc2)cc1. The number of ether oxygens (including phenoxy) is 2. The van der Waals surface area contributed by atoms with Gasteiger partial charge in [0.25, 0.3) is 16.0 Å². The van der Waals surface area contributed by atoms with Gasteiger partial charge < -0.3 is 25.8 Å². The van der Waals surface area contributed by atoms with Crippen molar-refractivity contribution in [3.63, 3.8) is 0 Å². The Kier molecular flexibility index (Phi) is 9.01. The van der Waals surface area contributed by atoms with Crippen LogP contribution in [0.4, 0.5) is 10.5 Å². The van der Waals surface area contributed by atoms with Crippen molar-refractivity contribution >= 4 is 33.7 Å². The van der Waals surface area contributed by atoms with E-state index in [9.17, 15) is 18.0 Å². The standard InChI is InChI=1S/C25H26N4O6S/c1-34-24(26)29-36(32,33)21-14-12-20(13-15-21)27-23(30)22(16-18-8-4-2-5-9-18)28-25(31)35-17-19-10-6-3-7-11-19/h2-15,22H,16-17H2,1H3,(H2,26,29)(H,27,30)(H,28,31)/t22-/m1/s1. The largest absolute Gasteiger partial charge is 0.468 e. The predicted octanol–water partition coefficient (Wildman–Crippen LogP) is 2.81. The maximum absolute atomic E-state index is 13.0. The zero-order chi connectivity index (χ0) is 26.0. The average Bonchev–Trinajstić information content (AvgIpc) is 2.88. The number of amides is 2. The molecule has 1 atom stereocenters. The molecular formula is C25H26N4O6S. The first-order valence-corrected chi connectivity index (χ1v) is 12.3. The summed E-state index contributed by atoms with van der Waals surface area (Å²) in [5.41, 5.74) is 7.29. The van der Waals surface area contributed by atoms with Crippen molar-refractivity contribution in [2.75, 3.05) is 12.4 Å². The van der Waals surface area contributed by atoms with Gasteiger partial charge in [0.2, 0.25) is 5.91 Å². The summed E-state index contributed by atoms with van der Waals surface area (Å²) in [6.45, 7) is 0.0539. The molecule has 0 aliphatic heterocycles. The fourth-order valence-corrected chi connectivity index (χ4v) is 4.01. The van der Waals surface area contributed by atoms with Gasteiger partial charge >= 0.3 is 6.09 Å². The number of nitrogens with zero attached hydrogens (tertiary/aromatic N) is 1. The van der Waals surface area contributed by atoms with E-state index >= 15 is 0 Å². The van der Waals surface area contributed by atoms with Gasteiger partial charge in [-0.05, 0) is 35.4 Å². The summed E-state index contributed by atoms with van der Waals surface area (Å²) in [5, 5.41) is 5.29. The summed E-state index contributed by atoms with van der Waals surface area (Å²) in [7, 11) is -2.87. The molecule has 0 radical (unpaired) electrons. The maximum Gasteiger partial charge on any atom is 0.408 e. The minimum Gasteiger partial charge on any atom is -0.468 e. The average molecular weight is 511 g/mol. The van der Waals surface area contributed by atoms with E-state index in [1.165, 1.54) is 31.4 Å². The van der Waals surface area contributed by atoms with E-state index in [-0.39, 0.29) is 17.9 Å². The number of hydrogen-bond donors (Lipinski definition) is 3. The third-order valence-electron chi connectivity index (χ3n) is 4.94. The molecule has 0 saturated carbocycles. The number of amidine groups is 1. The Labute approximate surface area is 209 Å². The molecule has 0 aliphatic carbocycles. The summed E-state index contributed by atoms with van der Waals surface area (Å²) in [4.78, 5) is 25.3. The molecule has 0 aliphatic rings. The third-order valence-corrected chi connectivity index (χ3v) is 6.23. The van der Waals surface area contributed by atoms with Crippen molar-refractivity contribution in [1.29, 1.82) is 0 Å². The molecule has 0 aromatic heterocycles. The van der Waals surface area contributed by atoms with Crippen LogP contribution in [0.1, 0.15) is 11.1 Å². The molecule has 4 N–H and O–H groups in total. The van der Waals surface area contributed by atoms with Crippen LogP contribution in [0.5, 0.6) is 0 Å². The second kappa shape index (κ2) is 12.4. The van der Waals surface area contributed by atoms with Gasteiger partial charge in [-0.3, -0.25) is 4.79 Å². The number of alkyl carbamates (subject to hydrolysis) is 1. The highest BCUT2D eigenvalue weighted by molar-refractivity contribution is 7.90. The second-order valence-corrected chi connectivity index (χ2v) is 9.17. The summed E-state index contributed by atoms with van der Waals surface area (Å²) in [6, 6.07) is 22.2. The number of anilines is 1. The summed E-state index contributed by atoms with van der Waals surface area (Å²) < 4.78 is 37.6. The molecule has 3 aromatic rings. The van der Waals surface area contributed by atoms with E-state index in [4.69, 9.17) is 10.5 Å². The molecule has 3 rings (SSSR count). The number of nitrogens with two attached hydrogens (primary N) is 1. The number of carbonyl (C=O) groups excluding carboxylic acids is 2. The molecule has 11 heteroatoms. The number of methoxy groups -OCH3 is 1. The van der Waals surface area contributed by atoms with Gasteiger partial charge in [0.1, 0.15) is 12.6 Å². The second-order valence-electron chi connectivity index (χ2n) is 7.57. The summed E-state index contributed by atoms with van der Waals surface area (Å²) >= 11 is 0. The molecule has 0 spiro atoms. The van der Waals surface area contributed by atoms with Gasteiger partial charge in [-0.2, -0.15) is 8.42 Å². The third kappa shape index (κ3) is 7.84. The van der Waals surface area contributed by atoms with Crippen LogP contribution in [0.15, 0.2) is 94.2 Å². The van der Waals surface area contributed by atoms with Crippen LogP contribution in [0, 0.1) is 0 Å². The molecule has 10 nitrogen and oxygen atoms in total. The number of carbonyl (C=O) groups is 2. The molecule has 0 bridgehead atoms. The molecule has 188 valence electrons. The predicted molar refractivity (Wildman–Crippen MR) is 135 cm³/mol. The first kappa shape index (κ1) is 26.2. The normalized spacial score (nSPS) is 12.3. The van der Waals surface area contributed by atoms with Crippen molar-refractivity contribution in [1.82, 2.24) is 5.32 Å². The van der Waals surface area contributed by atoms with Crippen molar-refractivity contribution in [3.8, 4) is 0 Å². The van der Waals surface area contributed by atoms with Crippen molar-refractivity contribution in [2.45, 2.75) is 24.0 Å². The highest BCUT2D eigenvalue weighted by Crippen LogP contribution is 2.17. The van der Waals surface area contributed by atoms with Crippen LogP contribution in [0.25, 0.3) is 0 Å². The first-order chi connectivity index (χ1) is 17.3. The number of rotatable bonds is 9. The van der Waals surface area contributed by atoms with E-state index < -0.39 is 34.1 Å². The minimum absolute atomic E-state index is 0.0539. The lowest BCUT2D eigenvalue weighted by atomic mass is 10.1. The quantitative estimate of drug-likeness (QED) is 0.296. The molecular weight excluding hydrogens is 484 g/mol. The number of hydrogen-bond acceptors (Lipinski definition) is 6. The molecule has 0 unspecified atom stereocenters. The molecule has 0 fully saturated rings. The van der Waals surface area contributed by atoms with Crippen LogP contribution >= 0.6 is 0 Å². The van der Waals surface area contributed by atoms with Gasteiger partial charge in [-0.15, -0.1) is 4.40 Å².